The highest BCUT2D eigenvalue weighted by molar-refractivity contribution is 5.85. The average molecular weight is 335 g/mol. The standard InChI is InChI=1S/C17H13N5O3/c1-9-12(7-18)15(23)21-16(24)13(9)8-19-22-10(2)20-14-6-4-3-5-11(14)17(22)25/h3-6,8H,1-2H3,(H2,21,23,24)/b19-8+. The van der Waals surface area contributed by atoms with E-state index >= 15 is 0 Å². The van der Waals surface area contributed by atoms with E-state index in [1.54, 1.807) is 37.3 Å². The smallest absolute Gasteiger partial charge is 0.282 e. The largest absolute Gasteiger partial charge is 0.494 e. The van der Waals surface area contributed by atoms with Crippen molar-refractivity contribution in [1.29, 1.82) is 5.26 Å². The van der Waals surface area contributed by atoms with Gasteiger partial charge in [-0.15, -0.1) is 0 Å². The number of nitriles is 1. The average Bonchev–Trinajstić information content (AvgIpc) is 2.57. The normalized spacial score (nSPS) is 11.1. The fraction of sp³-hybridized carbons (Fsp3) is 0.118. The molecule has 0 aliphatic rings. The van der Waals surface area contributed by atoms with E-state index in [1.165, 1.54) is 13.1 Å². The third-order valence-electron chi connectivity index (χ3n) is 3.82. The second-order valence-corrected chi connectivity index (χ2v) is 5.37. The van der Waals surface area contributed by atoms with Gasteiger partial charge < -0.3 is 5.11 Å². The zero-order chi connectivity index (χ0) is 18.1. The maximum Gasteiger partial charge on any atom is 0.282 e. The van der Waals surface area contributed by atoms with Crippen molar-refractivity contribution in [3.63, 3.8) is 0 Å². The number of nitrogens with one attached hydrogen (secondary N) is 1. The Balaban J connectivity index is 2.19. The molecule has 0 fully saturated rings. The van der Waals surface area contributed by atoms with Crippen molar-refractivity contribution in [2.75, 3.05) is 0 Å². The third kappa shape index (κ3) is 2.68. The Kier molecular flexibility index (Phi) is 3.91. The molecule has 0 aliphatic heterocycles. The van der Waals surface area contributed by atoms with Gasteiger partial charge in [-0.25, -0.2) is 4.98 Å². The molecule has 0 aliphatic carbocycles. The Hall–Kier alpha value is -3.73. The summed E-state index contributed by atoms with van der Waals surface area (Å²) in [5.41, 5.74) is -0.189. The van der Waals surface area contributed by atoms with Gasteiger partial charge in [0.15, 0.2) is 0 Å². The number of hydrogen-bond acceptors (Lipinski definition) is 6. The highest BCUT2D eigenvalue weighted by Gasteiger charge is 2.13. The summed E-state index contributed by atoms with van der Waals surface area (Å²) in [4.78, 5) is 30.7. The van der Waals surface area contributed by atoms with Crippen molar-refractivity contribution >= 4 is 17.1 Å². The van der Waals surface area contributed by atoms with Crippen LogP contribution in [0.3, 0.4) is 0 Å². The first-order valence-corrected chi connectivity index (χ1v) is 7.32. The van der Waals surface area contributed by atoms with Crippen LogP contribution in [0.4, 0.5) is 0 Å². The molecule has 0 atom stereocenters. The summed E-state index contributed by atoms with van der Waals surface area (Å²) in [5.74, 6) is -0.0632. The van der Waals surface area contributed by atoms with Gasteiger partial charge in [-0.1, -0.05) is 12.1 Å². The van der Waals surface area contributed by atoms with Crippen LogP contribution in [0.2, 0.25) is 0 Å². The second-order valence-electron chi connectivity index (χ2n) is 5.37. The SMILES string of the molecule is Cc1c(/C=N/n2c(C)nc3ccccc3c2=O)c(O)[nH]c(=O)c1C#N. The highest BCUT2D eigenvalue weighted by Crippen LogP contribution is 2.16. The Morgan fingerprint density at radius 3 is 2.76 bits per heavy atom. The van der Waals surface area contributed by atoms with Crippen molar-refractivity contribution < 1.29 is 5.11 Å². The van der Waals surface area contributed by atoms with Gasteiger partial charge in [0, 0.05) is 0 Å². The Labute approximate surface area is 141 Å². The van der Waals surface area contributed by atoms with Crippen molar-refractivity contribution in [3.8, 4) is 11.9 Å². The topological polar surface area (TPSA) is 124 Å². The molecule has 8 heteroatoms. The van der Waals surface area contributed by atoms with E-state index in [0.29, 0.717) is 16.7 Å². The molecule has 3 rings (SSSR count). The minimum absolute atomic E-state index is 0.125. The van der Waals surface area contributed by atoms with Crippen LogP contribution in [0.5, 0.6) is 5.88 Å². The van der Waals surface area contributed by atoms with E-state index < -0.39 is 11.4 Å². The molecule has 124 valence electrons. The first-order chi connectivity index (χ1) is 11.9. The molecule has 0 radical (unpaired) electrons. The predicted octanol–water partition coefficient (Wildman–Crippen LogP) is 1.16. The molecule has 0 saturated carbocycles. The number of aromatic nitrogens is 3. The summed E-state index contributed by atoms with van der Waals surface area (Å²) in [6.45, 7) is 3.15. The Morgan fingerprint density at radius 1 is 1.32 bits per heavy atom. The number of para-hydroxylation sites is 1. The number of benzene rings is 1. The number of fused-ring (bicyclic) bond motifs is 1. The summed E-state index contributed by atoms with van der Waals surface area (Å²) in [7, 11) is 0. The number of H-pyrrole nitrogens is 1. The highest BCUT2D eigenvalue weighted by atomic mass is 16.3. The van der Waals surface area contributed by atoms with Gasteiger partial charge in [-0.05, 0) is 31.5 Å². The Morgan fingerprint density at radius 2 is 2.04 bits per heavy atom. The van der Waals surface area contributed by atoms with Gasteiger partial charge in [-0.2, -0.15) is 15.0 Å². The minimum atomic E-state index is -0.685. The first-order valence-electron chi connectivity index (χ1n) is 7.32. The molecule has 2 N–H and O–H groups in total. The fourth-order valence-electron chi connectivity index (χ4n) is 2.50. The van der Waals surface area contributed by atoms with E-state index in [2.05, 4.69) is 15.1 Å². The summed E-state index contributed by atoms with van der Waals surface area (Å²) in [6.07, 6.45) is 1.21. The quantitative estimate of drug-likeness (QED) is 0.680. The number of aromatic amines is 1. The van der Waals surface area contributed by atoms with Crippen LogP contribution in [0.25, 0.3) is 10.9 Å². The maximum atomic E-state index is 12.6. The van der Waals surface area contributed by atoms with E-state index in [1.807, 2.05) is 0 Å². The molecule has 0 amide bonds. The lowest BCUT2D eigenvalue weighted by atomic mass is 10.1. The predicted molar refractivity (Wildman–Crippen MR) is 91.9 cm³/mol. The summed E-state index contributed by atoms with van der Waals surface area (Å²) in [5, 5.41) is 23.5. The molecular weight excluding hydrogens is 322 g/mol. The van der Waals surface area contributed by atoms with Gasteiger partial charge in [-0.3, -0.25) is 14.6 Å². The van der Waals surface area contributed by atoms with Gasteiger partial charge in [0.2, 0.25) is 5.88 Å². The van der Waals surface area contributed by atoms with Crippen molar-refractivity contribution in [2.45, 2.75) is 13.8 Å². The molecule has 2 heterocycles. The summed E-state index contributed by atoms with van der Waals surface area (Å²) in [6, 6.07) is 8.67. The molecule has 0 spiro atoms. The van der Waals surface area contributed by atoms with Crippen LogP contribution in [-0.2, 0) is 0 Å². The molecule has 0 unspecified atom stereocenters. The van der Waals surface area contributed by atoms with Crippen molar-refractivity contribution in [2.24, 2.45) is 5.10 Å². The monoisotopic (exact) mass is 335 g/mol. The van der Waals surface area contributed by atoms with E-state index in [0.717, 1.165) is 4.68 Å². The van der Waals surface area contributed by atoms with Gasteiger partial charge in [0.05, 0.1) is 22.7 Å². The number of hydrogen-bond donors (Lipinski definition) is 2. The van der Waals surface area contributed by atoms with Gasteiger partial charge in [0.1, 0.15) is 17.5 Å². The maximum absolute atomic E-state index is 12.6. The molecule has 0 bridgehead atoms. The van der Waals surface area contributed by atoms with Crippen molar-refractivity contribution in [1.82, 2.24) is 14.6 Å². The number of pyridine rings is 1. The zero-order valence-corrected chi connectivity index (χ0v) is 13.4. The molecule has 1 aromatic carbocycles. The lowest BCUT2D eigenvalue weighted by Crippen LogP contribution is -2.21. The number of rotatable bonds is 2. The molecule has 25 heavy (non-hydrogen) atoms. The minimum Gasteiger partial charge on any atom is -0.494 e. The summed E-state index contributed by atoms with van der Waals surface area (Å²) >= 11 is 0. The van der Waals surface area contributed by atoms with Crippen LogP contribution < -0.4 is 11.1 Å². The lowest BCUT2D eigenvalue weighted by molar-refractivity contribution is 0.450. The van der Waals surface area contributed by atoms with Gasteiger partial charge in [0.25, 0.3) is 11.1 Å². The van der Waals surface area contributed by atoms with Crippen LogP contribution >= 0.6 is 0 Å². The van der Waals surface area contributed by atoms with Gasteiger partial charge >= 0.3 is 0 Å². The van der Waals surface area contributed by atoms with Crippen LogP contribution in [0.1, 0.15) is 22.5 Å². The number of aromatic hydroxyl groups is 1. The Bertz CT molecular complexity index is 1180. The molecular formula is C17H13N5O3. The van der Waals surface area contributed by atoms with Crippen LogP contribution in [0, 0.1) is 25.2 Å². The van der Waals surface area contributed by atoms with Crippen molar-refractivity contribution in [3.05, 3.63) is 67.5 Å². The lowest BCUT2D eigenvalue weighted by Gasteiger charge is -2.07. The number of aryl methyl sites for hydroxylation is 1. The molecule has 3 aromatic rings. The van der Waals surface area contributed by atoms with Crippen LogP contribution in [0.15, 0.2) is 39.0 Å². The third-order valence-corrected chi connectivity index (χ3v) is 3.82. The molecule has 2 aromatic heterocycles. The van der Waals surface area contributed by atoms with E-state index in [-0.39, 0.29) is 22.2 Å². The zero-order valence-electron chi connectivity index (χ0n) is 13.4. The number of nitrogens with zero attached hydrogens (tertiary/aromatic N) is 4. The second kappa shape index (κ2) is 6.05. The summed E-state index contributed by atoms with van der Waals surface area (Å²) < 4.78 is 1.10. The first kappa shape index (κ1) is 16.1. The van der Waals surface area contributed by atoms with E-state index in [9.17, 15) is 14.7 Å². The van der Waals surface area contributed by atoms with E-state index in [4.69, 9.17) is 5.26 Å². The fourth-order valence-corrected chi connectivity index (χ4v) is 2.50. The molecule has 0 saturated heterocycles. The molecule has 8 nitrogen and oxygen atoms in total. The van der Waals surface area contributed by atoms with Crippen LogP contribution in [-0.4, -0.2) is 26.0 Å².